The van der Waals surface area contributed by atoms with E-state index in [0.717, 1.165) is 103 Å². The molecule has 36 heteroatoms. The molecule has 1 unspecified atom stereocenters. The Morgan fingerprint density at radius 1 is 0.445 bits per heavy atom. The maximum atomic E-state index is 13.7. The lowest BCUT2D eigenvalue weighted by Crippen LogP contribution is -2.58. The number of halogens is 4. The Morgan fingerprint density at radius 2 is 0.782 bits per heavy atom. The number of aromatic nitrogens is 12. The molecule has 0 spiro atoms. The quantitative estimate of drug-likeness (QED) is 0.0417. The SMILES string of the molecule is COc1c(C)cnc(CN2CC(OC3CCCC3)Nc3c(Cl)nc(N)nc32)c1C.COc1c(C)cnc(CN2c3nc(N)nc(Cl)c3N(C(C)C)C(=O)[C@@H]2C(C)C)c1C.COc1c(C)cnc(CN2c3nc(N)nc(Cl)c3N(CC(C)C)C(=O)[C@@H]2C(C)C)c1C.COc1c(C)cnc(CN2c3nc(N)nc(Cl)c3N(CC(C)C)C(=O)[C@@H]2C)c1C. The number of aryl methyl sites for hydroxylation is 4. The minimum atomic E-state index is -0.458. The first-order valence-electron chi connectivity index (χ1n) is 40.0. The molecule has 8 aromatic rings. The monoisotopic (exact) mass is 1710 g/mol. The van der Waals surface area contributed by atoms with Crippen LogP contribution in [0.2, 0.25) is 20.6 Å². The summed E-state index contributed by atoms with van der Waals surface area (Å²) in [7, 11) is 6.61. The van der Waals surface area contributed by atoms with Crippen LogP contribution in [-0.4, -0.2) is 162 Å². The van der Waals surface area contributed by atoms with Crippen LogP contribution in [0.3, 0.4) is 0 Å². The third kappa shape index (κ3) is 19.5. The Labute approximate surface area is 717 Å². The molecule has 1 saturated carbocycles. The third-order valence-electron chi connectivity index (χ3n) is 21.6. The number of rotatable bonds is 21. The van der Waals surface area contributed by atoms with Crippen LogP contribution in [0.4, 0.5) is 69.8 Å². The Kier molecular flexibility index (Phi) is 29.5. The van der Waals surface area contributed by atoms with Gasteiger partial charge in [-0.2, -0.15) is 39.9 Å². The number of nitrogens with two attached hydrogens (primary N) is 4. The molecule has 4 aliphatic heterocycles. The van der Waals surface area contributed by atoms with Crippen LogP contribution >= 0.6 is 46.4 Å². The summed E-state index contributed by atoms with van der Waals surface area (Å²) in [6.07, 6.45) is 11.8. The Morgan fingerprint density at radius 3 is 1.16 bits per heavy atom. The van der Waals surface area contributed by atoms with E-state index in [0.29, 0.717) is 97.0 Å². The molecule has 32 nitrogen and oxygen atoms in total. The number of fused-ring (bicyclic) bond motifs is 4. The van der Waals surface area contributed by atoms with E-state index in [4.69, 9.17) is 93.0 Å². The van der Waals surface area contributed by atoms with Gasteiger partial charge in [0.05, 0.1) is 90.0 Å². The molecular weight excluding hydrogens is 1600 g/mol. The fourth-order valence-electron chi connectivity index (χ4n) is 16.1. The van der Waals surface area contributed by atoms with Gasteiger partial charge in [0.1, 0.15) is 70.1 Å². The molecule has 0 saturated heterocycles. The Bertz CT molecular complexity index is 5060. The zero-order chi connectivity index (χ0) is 87.4. The number of carbonyl (C=O) groups is 3. The summed E-state index contributed by atoms with van der Waals surface area (Å²) in [5, 5.41) is 4.17. The van der Waals surface area contributed by atoms with Gasteiger partial charge in [0.2, 0.25) is 41.5 Å². The zero-order valence-corrected chi connectivity index (χ0v) is 75.5. The lowest BCUT2D eigenvalue weighted by Gasteiger charge is -2.45. The van der Waals surface area contributed by atoms with Crippen molar-refractivity contribution in [3.05, 3.63) is 113 Å². The first kappa shape index (κ1) is 91.2. The number of carbonyl (C=O) groups excluding carboxylic acids is 3. The predicted octanol–water partition coefficient (Wildman–Crippen LogP) is 13.9. The number of hydrogen-bond donors (Lipinski definition) is 5. The van der Waals surface area contributed by atoms with Crippen LogP contribution in [0.1, 0.15) is 169 Å². The summed E-state index contributed by atoms with van der Waals surface area (Å²) < 4.78 is 28.5. The van der Waals surface area contributed by atoms with Crippen LogP contribution in [-0.2, 0) is 45.3 Å². The Balaban J connectivity index is 0.000000167. The smallest absolute Gasteiger partial charge is 0.250 e. The van der Waals surface area contributed by atoms with Gasteiger partial charge in [-0.05, 0) is 113 Å². The van der Waals surface area contributed by atoms with Crippen molar-refractivity contribution >= 4 is 134 Å². The average molecular weight is 1720 g/mol. The van der Waals surface area contributed by atoms with Crippen molar-refractivity contribution in [2.45, 2.75) is 220 Å². The molecule has 1 fully saturated rings. The van der Waals surface area contributed by atoms with E-state index in [1.807, 2.05) is 139 Å². The molecule has 8 aromatic heterocycles. The van der Waals surface area contributed by atoms with E-state index in [2.05, 4.69) is 83.9 Å². The molecule has 642 valence electrons. The van der Waals surface area contributed by atoms with E-state index in [-0.39, 0.29) is 99.0 Å². The van der Waals surface area contributed by atoms with Crippen molar-refractivity contribution in [1.29, 1.82) is 0 Å². The van der Waals surface area contributed by atoms with Crippen molar-refractivity contribution in [2.24, 2.45) is 23.7 Å². The van der Waals surface area contributed by atoms with E-state index in [1.165, 1.54) is 12.8 Å². The lowest BCUT2D eigenvalue weighted by molar-refractivity contribution is -0.122. The summed E-state index contributed by atoms with van der Waals surface area (Å²) in [4.78, 5) is 106. The summed E-state index contributed by atoms with van der Waals surface area (Å²) in [5.41, 5.74) is 36.8. The number of nitrogens with one attached hydrogen (secondary N) is 1. The second-order valence-corrected chi connectivity index (χ2v) is 33.8. The molecule has 4 atom stereocenters. The van der Waals surface area contributed by atoms with Crippen molar-refractivity contribution in [2.75, 3.05) is 111 Å². The van der Waals surface area contributed by atoms with Crippen LogP contribution in [0.5, 0.6) is 23.0 Å². The first-order chi connectivity index (χ1) is 56.2. The molecule has 1 aliphatic carbocycles. The summed E-state index contributed by atoms with van der Waals surface area (Å²) in [6, 6.07) is -1.45. The number of nitrogen functional groups attached to an aromatic ring is 4. The van der Waals surface area contributed by atoms with Gasteiger partial charge in [0.25, 0.3) is 0 Å². The second-order valence-electron chi connectivity index (χ2n) is 32.4. The fourth-order valence-corrected chi connectivity index (χ4v) is 17.1. The molecule has 0 aromatic carbocycles. The zero-order valence-electron chi connectivity index (χ0n) is 72.4. The minimum absolute atomic E-state index is 0.0227. The van der Waals surface area contributed by atoms with Crippen molar-refractivity contribution in [3.63, 3.8) is 0 Å². The summed E-state index contributed by atoms with van der Waals surface area (Å²) in [6.45, 7) is 41.0. The molecule has 0 bridgehead atoms. The van der Waals surface area contributed by atoms with Gasteiger partial charge < -0.3 is 86.2 Å². The highest BCUT2D eigenvalue weighted by molar-refractivity contribution is 6.35. The normalized spacial score (nSPS) is 17.1. The molecule has 3 amide bonds. The van der Waals surface area contributed by atoms with Gasteiger partial charge in [0, 0.05) is 88.4 Å². The van der Waals surface area contributed by atoms with E-state index >= 15 is 0 Å². The number of nitrogens with zero attached hydrogens (tertiary/aromatic N) is 19. The molecule has 0 radical (unpaired) electrons. The van der Waals surface area contributed by atoms with Gasteiger partial charge in [-0.25, -0.2) is 0 Å². The topological polar surface area (TPSA) is 391 Å². The highest BCUT2D eigenvalue weighted by atomic mass is 35.5. The highest BCUT2D eigenvalue weighted by Crippen LogP contribution is 2.47. The summed E-state index contributed by atoms with van der Waals surface area (Å²) in [5.74, 6) is 6.27. The molecular formula is C83H114Cl4N24O8. The van der Waals surface area contributed by atoms with Crippen LogP contribution < -0.4 is 81.5 Å². The van der Waals surface area contributed by atoms with Crippen LogP contribution in [0.15, 0.2) is 24.8 Å². The summed E-state index contributed by atoms with van der Waals surface area (Å²) >= 11 is 25.8. The number of methoxy groups -OCH3 is 4. The fraction of sp³-hybridized carbons (Fsp3) is 0.530. The largest absolute Gasteiger partial charge is 0.496 e. The number of anilines is 12. The Hall–Kier alpha value is -10.2. The molecule has 13 rings (SSSR count). The minimum Gasteiger partial charge on any atom is -0.496 e. The van der Waals surface area contributed by atoms with Gasteiger partial charge in [0.15, 0.2) is 43.9 Å². The lowest BCUT2D eigenvalue weighted by atomic mass is 9.96. The highest BCUT2D eigenvalue weighted by Gasteiger charge is 2.47. The van der Waals surface area contributed by atoms with Crippen LogP contribution in [0, 0.1) is 79.1 Å². The van der Waals surface area contributed by atoms with E-state index < -0.39 is 18.1 Å². The molecule has 5 aliphatic rings. The second kappa shape index (κ2) is 38.5. The molecule has 12 heterocycles. The van der Waals surface area contributed by atoms with E-state index in [9.17, 15) is 14.4 Å². The van der Waals surface area contributed by atoms with Crippen molar-refractivity contribution < 1.29 is 38.1 Å². The van der Waals surface area contributed by atoms with Crippen molar-refractivity contribution in [3.8, 4) is 23.0 Å². The predicted molar refractivity (Wildman–Crippen MR) is 471 cm³/mol. The average Bonchev–Trinajstić information content (AvgIpc) is 0.899. The number of amides is 3. The third-order valence-corrected chi connectivity index (χ3v) is 22.6. The van der Waals surface area contributed by atoms with Gasteiger partial charge in [-0.1, -0.05) is 115 Å². The van der Waals surface area contributed by atoms with Crippen LogP contribution in [0.25, 0.3) is 0 Å². The standard InChI is InChI=1S/C22H31ClN6O2.C21H29ClN6O2.2C20H27ClN6O2/c1-11(2)9-29-17-19(23)26-22(24)27-20(17)28(16(12(3)4)21(29)30)10-15-14(6)18(31-7)13(5)8-25-15;1-10(2)15-20(29)28(11(3)4)16-18(22)25-21(23)26-19(16)27(15)9-14-13(6)17(30-7)12(5)8-24-14;1-11-8-23-14(12(2)17(11)28-3)9-27-10-15(29-13-6-4-5-7-13)24-16-18(21)25-20(22)26-19(16)27;1-10(2)8-27-15-17(21)24-20(22)25-18(15)26(13(5)19(27)28)9-14-12(4)16(29-6)11(3)7-23-14/h8,11-12,16H,9-10H2,1-7H3,(H2,24,26,27);8,10-11,15H,9H2,1-7H3,(H2,23,25,26);8,13,15,24H,4-7,9-10H2,1-3H3,(H2,22,25,26);7,10,13H,8-9H2,1-6H3,(H2,22,24,25)/t16-;15-;;13-/m00.0/s1. The maximum Gasteiger partial charge on any atom is 0.250 e. The van der Waals surface area contributed by atoms with Gasteiger partial charge in [-0.3, -0.25) is 34.3 Å². The van der Waals surface area contributed by atoms with Crippen molar-refractivity contribution in [1.82, 2.24) is 59.8 Å². The van der Waals surface area contributed by atoms with Gasteiger partial charge in [-0.15, -0.1) is 0 Å². The van der Waals surface area contributed by atoms with Gasteiger partial charge >= 0.3 is 0 Å². The molecule has 9 N–H and O–H groups in total. The molecule has 119 heavy (non-hydrogen) atoms. The first-order valence-corrected chi connectivity index (χ1v) is 41.5. The van der Waals surface area contributed by atoms with E-state index in [1.54, 1.807) is 61.7 Å². The maximum absolute atomic E-state index is 13.7. The number of ether oxygens (including phenoxy) is 5. The number of hydrogen-bond acceptors (Lipinski definition) is 29. The number of pyridine rings is 4.